The molecular weight excluding hydrogens is 503 g/mol. The van der Waals surface area contributed by atoms with Gasteiger partial charge in [0.1, 0.15) is 18.1 Å². The minimum Gasteiger partial charge on any atom is -0.457 e. The molecule has 13 heteroatoms. The van der Waals surface area contributed by atoms with Gasteiger partial charge in [0.25, 0.3) is 16.8 Å². The minimum absolute atomic E-state index is 0.0354. The Morgan fingerprint density at radius 1 is 1.11 bits per heavy atom. The number of rotatable bonds is 6. The van der Waals surface area contributed by atoms with Gasteiger partial charge in [-0.05, 0) is 42.1 Å². The topological polar surface area (TPSA) is 123 Å². The van der Waals surface area contributed by atoms with E-state index in [1.54, 1.807) is 6.07 Å². The summed E-state index contributed by atoms with van der Waals surface area (Å²) in [5.74, 6) is -1.15. The maximum Gasteiger partial charge on any atom is 0.416 e. The van der Waals surface area contributed by atoms with Gasteiger partial charge in [-0.1, -0.05) is 18.2 Å². The molecule has 0 bridgehead atoms. The van der Waals surface area contributed by atoms with Crippen LogP contribution in [0.4, 0.5) is 29.3 Å². The number of non-ortho nitro benzene ring substituents is 1. The van der Waals surface area contributed by atoms with Crippen LogP contribution in [0, 0.1) is 10.1 Å². The Bertz CT molecular complexity index is 1420. The van der Waals surface area contributed by atoms with Crippen LogP contribution in [0.5, 0.6) is 0 Å². The second-order valence-corrected chi connectivity index (χ2v) is 8.40. The molecule has 3 aromatic rings. The Hall–Kier alpha value is -4.39. The molecular formula is C23H14F3N3O6S. The first-order valence-electron chi connectivity index (χ1n) is 10.1. The van der Waals surface area contributed by atoms with Crippen LogP contribution in [0.1, 0.15) is 11.3 Å². The van der Waals surface area contributed by atoms with Crippen molar-refractivity contribution < 1.29 is 36.9 Å². The molecule has 2 aromatic carbocycles. The molecule has 1 fully saturated rings. The van der Waals surface area contributed by atoms with Crippen molar-refractivity contribution in [3.8, 4) is 11.3 Å². The van der Waals surface area contributed by atoms with Crippen LogP contribution in [0.25, 0.3) is 17.4 Å². The number of hydrogen-bond acceptors (Lipinski definition) is 7. The summed E-state index contributed by atoms with van der Waals surface area (Å²) in [5.41, 5.74) is -0.794. The number of imide groups is 1. The average Bonchev–Trinajstić information content (AvgIpc) is 3.39. The van der Waals surface area contributed by atoms with Gasteiger partial charge in [-0.25, -0.2) is 0 Å². The molecule has 9 nitrogen and oxygen atoms in total. The predicted molar refractivity (Wildman–Crippen MR) is 124 cm³/mol. The van der Waals surface area contributed by atoms with E-state index in [2.05, 4.69) is 5.32 Å². The number of carbonyl (C=O) groups is 3. The number of nitrogens with zero attached hydrogens (tertiary/aromatic N) is 2. The number of anilines is 1. The molecule has 0 aliphatic carbocycles. The lowest BCUT2D eigenvalue weighted by Crippen LogP contribution is -2.36. The summed E-state index contributed by atoms with van der Waals surface area (Å²) in [4.78, 5) is 48.3. The van der Waals surface area contributed by atoms with Crippen LogP contribution >= 0.6 is 11.8 Å². The van der Waals surface area contributed by atoms with Crippen molar-refractivity contribution in [2.24, 2.45) is 0 Å². The van der Waals surface area contributed by atoms with E-state index in [9.17, 15) is 37.7 Å². The monoisotopic (exact) mass is 517 g/mol. The zero-order chi connectivity index (χ0) is 26.0. The molecule has 0 atom stereocenters. The molecule has 1 N–H and O–H groups in total. The fraction of sp³-hybridized carbons (Fsp3) is 0.0870. The maximum absolute atomic E-state index is 12.9. The van der Waals surface area contributed by atoms with E-state index in [0.717, 1.165) is 18.2 Å². The summed E-state index contributed by atoms with van der Waals surface area (Å²) in [5, 5.41) is 12.5. The fourth-order valence-corrected chi connectivity index (χ4v) is 4.06. The van der Waals surface area contributed by atoms with Gasteiger partial charge < -0.3 is 9.73 Å². The summed E-state index contributed by atoms with van der Waals surface area (Å²) < 4.78 is 44.2. The Morgan fingerprint density at radius 3 is 2.58 bits per heavy atom. The van der Waals surface area contributed by atoms with Gasteiger partial charge in [0.2, 0.25) is 5.91 Å². The second kappa shape index (κ2) is 9.70. The summed E-state index contributed by atoms with van der Waals surface area (Å²) in [6.07, 6.45) is -3.31. The third-order valence-electron chi connectivity index (χ3n) is 4.89. The summed E-state index contributed by atoms with van der Waals surface area (Å²) in [6.45, 7) is -0.699. The fourth-order valence-electron chi connectivity index (χ4n) is 3.24. The highest BCUT2D eigenvalue weighted by Gasteiger charge is 2.37. The lowest BCUT2D eigenvalue weighted by atomic mass is 10.1. The third kappa shape index (κ3) is 5.46. The van der Waals surface area contributed by atoms with Crippen LogP contribution in [0.2, 0.25) is 0 Å². The molecule has 1 aliphatic heterocycles. The van der Waals surface area contributed by atoms with Gasteiger partial charge in [-0.3, -0.25) is 29.4 Å². The molecule has 4 rings (SSSR count). The van der Waals surface area contributed by atoms with Crippen LogP contribution in [0.3, 0.4) is 0 Å². The molecule has 36 heavy (non-hydrogen) atoms. The Labute approximate surface area is 204 Å². The summed E-state index contributed by atoms with van der Waals surface area (Å²) >= 11 is 0.563. The van der Waals surface area contributed by atoms with Gasteiger partial charge in [0.15, 0.2) is 0 Å². The van der Waals surface area contributed by atoms with Crippen LogP contribution in [0.15, 0.2) is 70.0 Å². The van der Waals surface area contributed by atoms with E-state index in [1.165, 1.54) is 42.5 Å². The molecule has 2 heterocycles. The second-order valence-electron chi connectivity index (χ2n) is 7.40. The number of thioether (sulfide) groups is 1. The van der Waals surface area contributed by atoms with Crippen molar-refractivity contribution >= 4 is 46.3 Å². The van der Waals surface area contributed by atoms with Gasteiger partial charge in [0, 0.05) is 29.5 Å². The van der Waals surface area contributed by atoms with Gasteiger partial charge >= 0.3 is 6.18 Å². The number of benzene rings is 2. The molecule has 0 saturated carbocycles. The molecule has 0 spiro atoms. The number of halogens is 3. The van der Waals surface area contributed by atoms with Crippen LogP contribution in [-0.4, -0.2) is 33.4 Å². The number of nitro groups is 1. The molecule has 1 aromatic heterocycles. The molecule has 184 valence electrons. The number of hydrogen-bond donors (Lipinski definition) is 1. The zero-order valence-corrected chi connectivity index (χ0v) is 18.8. The molecule has 3 amide bonds. The average molecular weight is 517 g/mol. The smallest absolute Gasteiger partial charge is 0.416 e. The van der Waals surface area contributed by atoms with Crippen molar-refractivity contribution in [2.75, 3.05) is 11.9 Å². The van der Waals surface area contributed by atoms with E-state index in [0.29, 0.717) is 28.0 Å². The number of alkyl halides is 3. The Kier molecular flexibility index (Phi) is 6.66. The van der Waals surface area contributed by atoms with E-state index >= 15 is 0 Å². The third-order valence-corrected chi connectivity index (χ3v) is 5.80. The van der Waals surface area contributed by atoms with Gasteiger partial charge in [-0.2, -0.15) is 13.2 Å². The number of nitrogens with one attached hydrogen (secondary N) is 1. The summed E-state index contributed by atoms with van der Waals surface area (Å²) in [6, 6.07) is 12.7. The van der Waals surface area contributed by atoms with Crippen LogP contribution < -0.4 is 5.32 Å². The lowest BCUT2D eigenvalue weighted by molar-refractivity contribution is -0.384. The minimum atomic E-state index is -4.60. The van der Waals surface area contributed by atoms with E-state index in [1.807, 2.05) is 0 Å². The van der Waals surface area contributed by atoms with E-state index in [4.69, 9.17) is 4.42 Å². The zero-order valence-electron chi connectivity index (χ0n) is 17.9. The van der Waals surface area contributed by atoms with E-state index in [-0.39, 0.29) is 22.0 Å². The lowest BCUT2D eigenvalue weighted by Gasteiger charge is -2.13. The number of furan rings is 1. The van der Waals surface area contributed by atoms with Crippen LogP contribution in [-0.2, 0) is 15.8 Å². The highest BCUT2D eigenvalue weighted by Crippen LogP contribution is 2.34. The maximum atomic E-state index is 12.9. The van der Waals surface area contributed by atoms with Crippen molar-refractivity contribution in [3.63, 3.8) is 0 Å². The SMILES string of the molecule is O=C(CN1C(=O)S/C(=C\c2ccc(-c3cccc([N+](=O)[O-])c3)o2)C1=O)Nc1cccc(C(F)(F)F)c1. The van der Waals surface area contributed by atoms with Gasteiger partial charge in [-0.15, -0.1) is 0 Å². The molecule has 1 saturated heterocycles. The highest BCUT2D eigenvalue weighted by molar-refractivity contribution is 8.18. The first-order valence-corrected chi connectivity index (χ1v) is 10.9. The van der Waals surface area contributed by atoms with Crippen molar-refractivity contribution in [1.29, 1.82) is 0 Å². The molecule has 0 unspecified atom stereocenters. The molecule has 0 radical (unpaired) electrons. The highest BCUT2D eigenvalue weighted by atomic mass is 32.2. The van der Waals surface area contributed by atoms with Crippen molar-refractivity contribution in [1.82, 2.24) is 4.90 Å². The standard InChI is InChI=1S/C23H14F3N3O6S/c24-23(25,26)14-4-2-5-15(10-14)27-20(30)12-28-21(31)19(36-22(28)32)11-17-7-8-18(35-17)13-3-1-6-16(9-13)29(33)34/h1-11H,12H2,(H,27,30)/b19-11-. The van der Waals surface area contributed by atoms with Crippen molar-refractivity contribution in [3.05, 3.63) is 87.0 Å². The summed E-state index contributed by atoms with van der Waals surface area (Å²) in [7, 11) is 0. The van der Waals surface area contributed by atoms with Gasteiger partial charge in [0.05, 0.1) is 15.4 Å². The van der Waals surface area contributed by atoms with E-state index < -0.39 is 40.3 Å². The number of amides is 3. The molecule has 1 aliphatic rings. The largest absolute Gasteiger partial charge is 0.457 e. The predicted octanol–water partition coefficient (Wildman–Crippen LogP) is 5.55. The normalized spacial score (nSPS) is 15.0. The first-order chi connectivity index (χ1) is 17.0. The Morgan fingerprint density at radius 2 is 1.86 bits per heavy atom. The first kappa shape index (κ1) is 24.7. The number of carbonyl (C=O) groups excluding carboxylic acids is 3. The van der Waals surface area contributed by atoms with Crippen molar-refractivity contribution in [2.45, 2.75) is 6.18 Å². The Balaban J connectivity index is 1.45. The quantitative estimate of drug-likeness (QED) is 0.258. The number of nitro benzene ring substituents is 1.